The highest BCUT2D eigenvalue weighted by molar-refractivity contribution is 5.97. The molecule has 0 aromatic heterocycles. The number of carbonyl (C=O) groups is 8. The van der Waals surface area contributed by atoms with Gasteiger partial charge in [-0.15, -0.1) is 0 Å². The highest BCUT2D eigenvalue weighted by Crippen LogP contribution is 2.17. The number of aromatic carboxylic acids is 2. The Morgan fingerprint density at radius 2 is 0.538 bits per heavy atom. The van der Waals surface area contributed by atoms with Crippen LogP contribution >= 0.6 is 0 Å². The Kier molecular flexibility index (Phi) is 25.1. The van der Waals surface area contributed by atoms with Crippen molar-refractivity contribution in [2.45, 2.75) is 79.1 Å². The number of carboxylic acid groups (broad SMARTS) is 2. The summed E-state index contributed by atoms with van der Waals surface area (Å²) in [5.74, 6) is -3.06. The molecule has 0 amide bonds. The molecule has 0 bridgehead atoms. The second-order valence-corrected chi connectivity index (χ2v) is 13.8. The highest BCUT2D eigenvalue weighted by Gasteiger charge is 2.11. The number of rotatable bonds is 22. The third kappa shape index (κ3) is 24.6. The van der Waals surface area contributed by atoms with E-state index in [-0.39, 0.29) is 22.3 Å². The average molecular weight is 903 g/mol. The van der Waals surface area contributed by atoms with E-state index in [2.05, 4.69) is 14.2 Å². The minimum Gasteiger partial charge on any atom is -0.494 e. The minimum atomic E-state index is -0.948. The molecule has 4 aromatic carbocycles. The fourth-order valence-corrected chi connectivity index (χ4v) is 5.22. The van der Waals surface area contributed by atoms with Crippen LogP contribution in [-0.2, 0) is 33.4 Å². The topological polar surface area (TPSA) is 242 Å². The van der Waals surface area contributed by atoms with Crippen LogP contribution in [0.4, 0.5) is 0 Å². The molecule has 0 saturated heterocycles. The molecule has 0 aliphatic rings. The molecular formula is C48H54O17. The summed E-state index contributed by atoms with van der Waals surface area (Å²) in [6.07, 6.45) is 7.54. The Bertz CT molecular complexity index is 1970. The van der Waals surface area contributed by atoms with Crippen LogP contribution < -0.4 is 18.9 Å². The van der Waals surface area contributed by atoms with Gasteiger partial charge in [0.2, 0.25) is 0 Å². The Labute approximate surface area is 376 Å². The van der Waals surface area contributed by atoms with Gasteiger partial charge in [0.05, 0.1) is 48.7 Å². The first kappa shape index (κ1) is 53.6. The number of carboxylic acids is 2. The van der Waals surface area contributed by atoms with Gasteiger partial charge in [0.15, 0.2) is 0 Å². The summed E-state index contributed by atoms with van der Waals surface area (Å²) < 4.78 is 35.4. The first-order chi connectivity index (χ1) is 31.0. The predicted octanol–water partition coefficient (Wildman–Crippen LogP) is 8.31. The number of hydrogen-bond donors (Lipinski definition) is 2. The van der Waals surface area contributed by atoms with Gasteiger partial charge in [0, 0.05) is 27.7 Å². The van der Waals surface area contributed by atoms with Crippen LogP contribution in [0.5, 0.6) is 23.0 Å². The molecule has 17 nitrogen and oxygen atoms in total. The molecule has 0 fully saturated rings. The van der Waals surface area contributed by atoms with Crippen LogP contribution in [0.2, 0.25) is 0 Å². The van der Waals surface area contributed by atoms with E-state index < -0.39 is 47.8 Å². The second-order valence-electron chi connectivity index (χ2n) is 13.8. The van der Waals surface area contributed by atoms with E-state index in [0.717, 1.165) is 51.4 Å². The third-order valence-electron chi connectivity index (χ3n) is 8.30. The third-order valence-corrected chi connectivity index (χ3v) is 8.30. The molecule has 17 heteroatoms. The lowest BCUT2D eigenvalue weighted by Crippen LogP contribution is -2.09. The number of benzene rings is 4. The van der Waals surface area contributed by atoms with Gasteiger partial charge in [-0.25, -0.2) is 19.2 Å². The van der Waals surface area contributed by atoms with Gasteiger partial charge in [-0.2, -0.15) is 0 Å². The lowest BCUT2D eigenvalue weighted by atomic mass is 10.2. The molecule has 0 atom stereocenters. The molecular weight excluding hydrogens is 849 g/mol. The molecule has 4 aromatic rings. The van der Waals surface area contributed by atoms with Gasteiger partial charge >= 0.3 is 47.8 Å². The Morgan fingerprint density at radius 3 is 0.723 bits per heavy atom. The summed E-state index contributed by atoms with van der Waals surface area (Å²) in [4.78, 5) is 85.9. The van der Waals surface area contributed by atoms with Crippen LogP contribution in [-0.4, -0.2) is 84.4 Å². The molecule has 0 radical (unpaired) electrons. The smallest absolute Gasteiger partial charge is 0.345 e. The normalized spacial score (nSPS) is 9.97. The average Bonchev–Trinajstić information content (AvgIpc) is 3.25. The fraction of sp³-hybridized carbons (Fsp3) is 0.333. The van der Waals surface area contributed by atoms with E-state index >= 15 is 0 Å². The quantitative estimate of drug-likeness (QED) is 0.0326. The predicted molar refractivity (Wildman–Crippen MR) is 233 cm³/mol. The van der Waals surface area contributed by atoms with Gasteiger partial charge in [-0.05, 0) is 148 Å². The first-order valence-electron chi connectivity index (χ1n) is 20.6. The molecule has 0 aliphatic heterocycles. The molecule has 0 heterocycles. The minimum absolute atomic E-state index is 0.245. The lowest BCUT2D eigenvalue weighted by molar-refractivity contribution is -0.156. The van der Waals surface area contributed by atoms with E-state index in [1.807, 2.05) is 0 Å². The number of unbranched alkanes of at least 4 members (excludes halogenated alkanes) is 6. The zero-order valence-electron chi connectivity index (χ0n) is 36.7. The summed E-state index contributed by atoms with van der Waals surface area (Å²) in [5, 5.41) is 17.6. The van der Waals surface area contributed by atoms with Crippen LogP contribution in [0, 0.1) is 0 Å². The summed E-state index contributed by atoms with van der Waals surface area (Å²) in [5.41, 5.74) is 1.07. The van der Waals surface area contributed by atoms with E-state index in [0.29, 0.717) is 49.4 Å². The summed E-state index contributed by atoms with van der Waals surface area (Å²) in [6.45, 7) is 7.00. The van der Waals surface area contributed by atoms with Crippen molar-refractivity contribution in [2.24, 2.45) is 0 Å². The van der Waals surface area contributed by atoms with Crippen molar-refractivity contribution in [1.29, 1.82) is 0 Å². The largest absolute Gasteiger partial charge is 0.494 e. The van der Waals surface area contributed by atoms with Crippen molar-refractivity contribution in [3.05, 3.63) is 119 Å². The van der Waals surface area contributed by atoms with Crippen molar-refractivity contribution >= 4 is 47.8 Å². The molecule has 4 rings (SSSR count). The van der Waals surface area contributed by atoms with Gasteiger partial charge in [-0.1, -0.05) is 0 Å². The van der Waals surface area contributed by atoms with E-state index in [9.17, 15) is 38.4 Å². The number of hydrogen-bond acceptors (Lipinski definition) is 15. The standard InChI is InChI=1S/C24H26O8.C20H22O6.C4H6O3/c1-17(25)31-23(27)19-7-11-21(12-8-19)29-15-5-3-4-6-16-30-22-13-9-20(10-14-22)24(28)32-18(2)26;21-19(22)15-5-9-17(10-6-15)25-13-3-1-2-4-14-26-18-11-7-16(8-12-18)20(23)24;1-3(5)7-4(2)6/h7-14H,3-6,15-16H2,1-2H3;5-12H,1-4,13-14H2,(H,21,22)(H,23,24);1-2H3. The lowest BCUT2D eigenvalue weighted by Gasteiger charge is -2.08. The van der Waals surface area contributed by atoms with Crippen molar-refractivity contribution in [2.75, 3.05) is 26.4 Å². The van der Waals surface area contributed by atoms with Gasteiger partial charge in [0.25, 0.3) is 0 Å². The monoisotopic (exact) mass is 902 g/mol. The number of carbonyl (C=O) groups excluding carboxylic acids is 6. The van der Waals surface area contributed by atoms with Gasteiger partial charge in [0.1, 0.15) is 23.0 Å². The Hall–Kier alpha value is -7.56. The van der Waals surface area contributed by atoms with Gasteiger partial charge in [-0.3, -0.25) is 19.2 Å². The van der Waals surface area contributed by atoms with E-state index in [4.69, 9.17) is 29.2 Å². The zero-order valence-corrected chi connectivity index (χ0v) is 36.7. The molecule has 0 aliphatic carbocycles. The summed E-state index contributed by atoms with van der Waals surface area (Å²) in [7, 11) is 0. The maximum absolute atomic E-state index is 11.6. The van der Waals surface area contributed by atoms with Crippen LogP contribution in [0.3, 0.4) is 0 Å². The van der Waals surface area contributed by atoms with Crippen LogP contribution in [0.1, 0.15) is 120 Å². The van der Waals surface area contributed by atoms with Crippen molar-refractivity contribution in [3.63, 3.8) is 0 Å². The molecule has 65 heavy (non-hydrogen) atoms. The van der Waals surface area contributed by atoms with Crippen molar-refractivity contribution in [3.8, 4) is 23.0 Å². The van der Waals surface area contributed by atoms with Gasteiger partial charge < -0.3 is 43.4 Å². The number of ether oxygens (including phenoxy) is 7. The van der Waals surface area contributed by atoms with Crippen molar-refractivity contribution < 1.29 is 81.7 Å². The maximum atomic E-state index is 11.6. The molecule has 0 unspecified atom stereocenters. The van der Waals surface area contributed by atoms with Crippen LogP contribution in [0.15, 0.2) is 97.1 Å². The van der Waals surface area contributed by atoms with E-state index in [1.165, 1.54) is 52.0 Å². The summed E-state index contributed by atoms with van der Waals surface area (Å²) >= 11 is 0. The highest BCUT2D eigenvalue weighted by atomic mass is 16.6. The SMILES string of the molecule is CC(=O)OC(=O)c1ccc(OCCCCCCOc2ccc(C(=O)OC(C)=O)cc2)cc1.CC(=O)OC(C)=O.O=C(O)c1ccc(OCCCCCCOc2ccc(C(=O)O)cc2)cc1. The van der Waals surface area contributed by atoms with Crippen LogP contribution in [0.25, 0.3) is 0 Å². The van der Waals surface area contributed by atoms with Crippen molar-refractivity contribution in [1.82, 2.24) is 0 Å². The number of esters is 6. The molecule has 0 spiro atoms. The zero-order chi connectivity index (χ0) is 48.0. The fourth-order valence-electron chi connectivity index (χ4n) is 5.22. The van der Waals surface area contributed by atoms with E-state index in [1.54, 1.807) is 72.8 Å². The first-order valence-corrected chi connectivity index (χ1v) is 20.6. The second kappa shape index (κ2) is 30.5. The molecule has 0 saturated carbocycles. The molecule has 348 valence electrons. The summed E-state index contributed by atoms with van der Waals surface area (Å²) in [6, 6.07) is 25.6. The molecule has 2 N–H and O–H groups in total. The maximum Gasteiger partial charge on any atom is 0.345 e. The Balaban J connectivity index is 0.000000395. The Morgan fingerprint density at radius 1 is 0.323 bits per heavy atom.